The molecule has 0 amide bonds. The molecule has 0 aliphatic carbocycles. The minimum atomic E-state index is -4.96. The molecular weight excluding hydrogens is 1280 g/mol. The third-order valence-electron chi connectivity index (χ3n) is 18.7. The summed E-state index contributed by atoms with van der Waals surface area (Å²) >= 11 is 0. The lowest BCUT2D eigenvalue weighted by atomic mass is 10.00. The van der Waals surface area contributed by atoms with Crippen LogP contribution in [-0.2, 0) is 65.4 Å². The lowest BCUT2D eigenvalue weighted by molar-refractivity contribution is -0.161. The summed E-state index contributed by atoms with van der Waals surface area (Å²) in [6, 6.07) is 0. The quantitative estimate of drug-likeness (QED) is 0.0222. The highest BCUT2D eigenvalue weighted by molar-refractivity contribution is 7.47. The van der Waals surface area contributed by atoms with Crippen LogP contribution in [-0.4, -0.2) is 96.7 Å². The normalized spacial score (nSPS) is 14.3. The summed E-state index contributed by atoms with van der Waals surface area (Å²) in [5.74, 6) is 0.0917. The Hall–Kier alpha value is -1.94. The number of carbonyl (C=O) groups excluding carboxylic acids is 4. The van der Waals surface area contributed by atoms with E-state index in [0.717, 1.165) is 108 Å². The van der Waals surface area contributed by atoms with Crippen LogP contribution in [0.15, 0.2) is 0 Å². The molecule has 19 heteroatoms. The molecule has 0 aliphatic heterocycles. The monoisotopic (exact) mass is 1440 g/mol. The van der Waals surface area contributed by atoms with Crippen molar-refractivity contribution in [1.29, 1.82) is 0 Å². The highest BCUT2D eigenvalue weighted by Gasteiger charge is 2.30. The molecule has 0 aromatic heterocycles. The highest BCUT2D eigenvalue weighted by atomic mass is 31.2. The third-order valence-corrected chi connectivity index (χ3v) is 20.6. The molecule has 582 valence electrons. The van der Waals surface area contributed by atoms with E-state index in [-0.39, 0.29) is 25.7 Å². The minimum Gasteiger partial charge on any atom is -0.462 e. The maximum Gasteiger partial charge on any atom is 0.472 e. The largest absolute Gasteiger partial charge is 0.472 e. The molecule has 0 fully saturated rings. The number of carbonyl (C=O) groups is 4. The lowest BCUT2D eigenvalue weighted by Gasteiger charge is -2.21. The van der Waals surface area contributed by atoms with Crippen LogP contribution < -0.4 is 0 Å². The maximum absolute atomic E-state index is 13.1. The summed E-state index contributed by atoms with van der Waals surface area (Å²) in [6.07, 6.45) is 57.3. The number of rotatable bonds is 77. The molecule has 0 rings (SSSR count). The van der Waals surface area contributed by atoms with Crippen molar-refractivity contribution in [1.82, 2.24) is 0 Å². The van der Waals surface area contributed by atoms with Gasteiger partial charge in [0.1, 0.15) is 19.3 Å². The van der Waals surface area contributed by atoms with Crippen molar-refractivity contribution in [3.63, 3.8) is 0 Å². The fraction of sp³-hybridized carbons (Fsp3) is 0.949. The van der Waals surface area contributed by atoms with Crippen LogP contribution >= 0.6 is 15.6 Å². The Kier molecular flexibility index (Phi) is 68.1. The third kappa shape index (κ3) is 71.1. The fourth-order valence-corrected chi connectivity index (χ4v) is 13.7. The molecule has 0 saturated carbocycles. The van der Waals surface area contributed by atoms with Gasteiger partial charge in [-0.3, -0.25) is 37.3 Å². The number of phosphoric ester groups is 2. The van der Waals surface area contributed by atoms with Crippen molar-refractivity contribution in [2.45, 2.75) is 426 Å². The number of aliphatic hydroxyl groups is 1. The molecule has 0 bridgehead atoms. The van der Waals surface area contributed by atoms with Crippen LogP contribution in [0.2, 0.25) is 0 Å². The standard InChI is InChI=1S/C79H154O17P2/c1-8-10-11-12-13-14-15-16-17-18-19-20-21-26-29-32-35-38-48-55-62-78(83)95-74(66-89-76(81)60-53-46-37-34-31-28-25-23-22-24-27-30-33-36-43-50-57-70(3)4)68-93-97(85,86)91-64-73(80)65-92-98(87,88)94-69-75(67-90-77(82)61-54-47-41-39-44-51-58-71(5)6)96-79(84)63-56-49-42-40-45-52-59-72(7)9-2/h70-75,80H,8-69H2,1-7H3,(H,85,86)(H,87,88)/t72?,73-,74-,75-/m1/s1. The predicted octanol–water partition coefficient (Wildman–Crippen LogP) is 23.4. The average molecular weight is 1440 g/mol. The van der Waals surface area contributed by atoms with Crippen molar-refractivity contribution >= 4 is 39.5 Å². The second-order valence-electron chi connectivity index (χ2n) is 29.6. The molecule has 0 saturated heterocycles. The number of hydrogen-bond acceptors (Lipinski definition) is 15. The zero-order chi connectivity index (χ0) is 72.3. The van der Waals surface area contributed by atoms with Gasteiger partial charge in [0.15, 0.2) is 12.2 Å². The summed E-state index contributed by atoms with van der Waals surface area (Å²) in [7, 11) is -9.91. The number of ether oxygens (including phenoxy) is 4. The molecule has 98 heavy (non-hydrogen) atoms. The van der Waals surface area contributed by atoms with E-state index in [4.69, 9.17) is 37.0 Å². The van der Waals surface area contributed by atoms with Crippen LogP contribution in [0.25, 0.3) is 0 Å². The number of hydrogen-bond donors (Lipinski definition) is 3. The Labute approximate surface area is 600 Å². The second kappa shape index (κ2) is 69.4. The van der Waals surface area contributed by atoms with E-state index < -0.39 is 97.5 Å². The molecule has 0 heterocycles. The zero-order valence-electron chi connectivity index (χ0n) is 64.3. The Balaban J connectivity index is 5.19. The van der Waals surface area contributed by atoms with E-state index in [9.17, 15) is 43.2 Å². The number of aliphatic hydroxyl groups excluding tert-OH is 1. The van der Waals surface area contributed by atoms with E-state index in [0.29, 0.717) is 31.6 Å². The molecule has 0 aromatic rings. The lowest BCUT2D eigenvalue weighted by Crippen LogP contribution is -2.30. The van der Waals surface area contributed by atoms with E-state index in [1.165, 1.54) is 212 Å². The molecule has 17 nitrogen and oxygen atoms in total. The van der Waals surface area contributed by atoms with E-state index in [1.54, 1.807) is 0 Å². The first kappa shape index (κ1) is 96.1. The fourth-order valence-electron chi connectivity index (χ4n) is 12.1. The highest BCUT2D eigenvalue weighted by Crippen LogP contribution is 2.45. The van der Waals surface area contributed by atoms with E-state index in [2.05, 4.69) is 48.5 Å². The maximum atomic E-state index is 13.1. The van der Waals surface area contributed by atoms with Gasteiger partial charge in [-0.15, -0.1) is 0 Å². The van der Waals surface area contributed by atoms with Crippen molar-refractivity contribution in [3.8, 4) is 0 Å². The number of esters is 4. The molecule has 0 aromatic carbocycles. The van der Waals surface area contributed by atoms with Crippen molar-refractivity contribution < 1.29 is 80.2 Å². The van der Waals surface area contributed by atoms with Crippen LogP contribution in [0.1, 0.15) is 408 Å². The van der Waals surface area contributed by atoms with Gasteiger partial charge in [0.25, 0.3) is 0 Å². The van der Waals surface area contributed by atoms with Gasteiger partial charge >= 0.3 is 39.5 Å². The van der Waals surface area contributed by atoms with Gasteiger partial charge in [-0.05, 0) is 43.4 Å². The summed E-state index contributed by atoms with van der Waals surface area (Å²) in [5.41, 5.74) is 0. The SMILES string of the molecule is CCCCCCCCCCCCCCCCCCCCCCC(=O)O[C@H](COC(=O)CCCCCCCCCCCCCCCCCCC(C)C)COP(=O)(O)OC[C@@H](O)COP(=O)(O)OC[C@@H](COC(=O)CCCCCCCCC(C)C)OC(=O)CCCCCCCCC(C)CC. The zero-order valence-corrected chi connectivity index (χ0v) is 66.0. The van der Waals surface area contributed by atoms with E-state index >= 15 is 0 Å². The summed E-state index contributed by atoms with van der Waals surface area (Å²) in [6.45, 7) is 11.8. The van der Waals surface area contributed by atoms with Gasteiger partial charge in [-0.1, -0.05) is 357 Å². The van der Waals surface area contributed by atoms with Gasteiger partial charge in [0, 0.05) is 25.7 Å². The smallest absolute Gasteiger partial charge is 0.462 e. The van der Waals surface area contributed by atoms with Crippen molar-refractivity contribution in [2.24, 2.45) is 17.8 Å². The van der Waals surface area contributed by atoms with Gasteiger partial charge in [0.05, 0.1) is 26.4 Å². The first-order valence-corrected chi connectivity index (χ1v) is 43.9. The van der Waals surface area contributed by atoms with Crippen LogP contribution in [0.3, 0.4) is 0 Å². The summed E-state index contributed by atoms with van der Waals surface area (Å²) in [4.78, 5) is 72.8. The molecular formula is C79H154O17P2. The Bertz CT molecular complexity index is 1910. The van der Waals surface area contributed by atoms with Crippen molar-refractivity contribution in [3.05, 3.63) is 0 Å². The summed E-state index contributed by atoms with van der Waals surface area (Å²) < 4.78 is 68.5. The first-order valence-electron chi connectivity index (χ1n) is 40.9. The molecule has 0 radical (unpaired) electrons. The Morgan fingerprint density at radius 3 is 0.776 bits per heavy atom. The van der Waals surface area contributed by atoms with Crippen LogP contribution in [0.5, 0.6) is 0 Å². The number of unbranched alkanes of at least 4 members (excludes halogenated alkanes) is 44. The Morgan fingerprint density at radius 2 is 0.520 bits per heavy atom. The minimum absolute atomic E-state index is 0.102. The average Bonchev–Trinajstić information content (AvgIpc) is 1.27. The van der Waals surface area contributed by atoms with Gasteiger partial charge in [-0.2, -0.15) is 0 Å². The van der Waals surface area contributed by atoms with Crippen LogP contribution in [0.4, 0.5) is 0 Å². The van der Waals surface area contributed by atoms with E-state index in [1.807, 2.05) is 0 Å². The first-order chi connectivity index (χ1) is 47.3. The summed E-state index contributed by atoms with van der Waals surface area (Å²) in [5, 5.41) is 10.6. The topological polar surface area (TPSA) is 237 Å². The second-order valence-corrected chi connectivity index (χ2v) is 32.6. The van der Waals surface area contributed by atoms with Crippen molar-refractivity contribution in [2.75, 3.05) is 39.6 Å². The molecule has 0 aliphatic rings. The predicted molar refractivity (Wildman–Crippen MR) is 400 cm³/mol. The molecule has 0 spiro atoms. The molecule has 3 N–H and O–H groups in total. The molecule has 6 atom stereocenters. The van der Waals surface area contributed by atoms with Crippen LogP contribution in [0, 0.1) is 17.8 Å². The van der Waals surface area contributed by atoms with Gasteiger partial charge in [0.2, 0.25) is 0 Å². The van der Waals surface area contributed by atoms with Gasteiger partial charge in [-0.25, -0.2) is 9.13 Å². The number of phosphoric acid groups is 2. The van der Waals surface area contributed by atoms with Gasteiger partial charge < -0.3 is 33.8 Å². The molecule has 3 unspecified atom stereocenters. The Morgan fingerprint density at radius 1 is 0.296 bits per heavy atom.